The molecule has 0 spiro atoms. The van der Waals surface area contributed by atoms with E-state index in [2.05, 4.69) is 4.98 Å². The fourth-order valence-electron chi connectivity index (χ4n) is 4.17. The third-order valence-electron chi connectivity index (χ3n) is 5.62. The van der Waals surface area contributed by atoms with Crippen molar-refractivity contribution in [3.05, 3.63) is 40.2 Å². The number of likely N-dealkylation sites (tertiary alicyclic amines) is 1. The van der Waals surface area contributed by atoms with E-state index >= 15 is 0 Å². The Morgan fingerprint density at radius 2 is 2.15 bits per heavy atom. The van der Waals surface area contributed by atoms with Crippen molar-refractivity contribution in [2.24, 2.45) is 0 Å². The molecular formula is C23H25FN4O4S. The maximum atomic E-state index is 14.3. The predicted molar refractivity (Wildman–Crippen MR) is 119 cm³/mol. The summed E-state index contributed by atoms with van der Waals surface area (Å²) in [6.45, 7) is 6.46. The Morgan fingerprint density at radius 3 is 2.79 bits per heavy atom. The van der Waals surface area contributed by atoms with E-state index in [0.29, 0.717) is 42.4 Å². The number of methoxy groups -OCH3 is 1. The smallest absolute Gasteiger partial charge is 0.410 e. The number of fused-ring (bicyclic) bond motifs is 1. The highest BCUT2D eigenvalue weighted by atomic mass is 32.1. The molecule has 0 N–H and O–H groups in total. The molecule has 0 radical (unpaired) electrons. The van der Waals surface area contributed by atoms with Gasteiger partial charge in [0.25, 0.3) is 5.91 Å². The third kappa shape index (κ3) is 4.56. The van der Waals surface area contributed by atoms with Crippen LogP contribution in [0.2, 0.25) is 0 Å². The average Bonchev–Trinajstić information content (AvgIpc) is 3.42. The normalized spacial score (nSPS) is 20.2. The number of carbonyl (C=O) groups is 2. The summed E-state index contributed by atoms with van der Waals surface area (Å²) in [5.74, 6) is -0.728. The van der Waals surface area contributed by atoms with Crippen molar-refractivity contribution in [1.82, 2.24) is 14.8 Å². The molecule has 2 aliphatic heterocycles. The molecule has 2 aliphatic rings. The number of ether oxygens (including phenoxy) is 2. The lowest BCUT2D eigenvalue weighted by molar-refractivity contribution is 0.0140. The van der Waals surface area contributed by atoms with Crippen LogP contribution >= 0.6 is 11.3 Å². The molecule has 1 aromatic heterocycles. The van der Waals surface area contributed by atoms with Crippen LogP contribution in [0.5, 0.6) is 0 Å². The van der Waals surface area contributed by atoms with Gasteiger partial charge < -0.3 is 19.3 Å². The molecule has 33 heavy (non-hydrogen) atoms. The maximum Gasteiger partial charge on any atom is 0.410 e. The van der Waals surface area contributed by atoms with Gasteiger partial charge in [0.2, 0.25) is 0 Å². The van der Waals surface area contributed by atoms with Crippen molar-refractivity contribution in [1.29, 1.82) is 5.26 Å². The Balaban J connectivity index is 1.53. The second-order valence-corrected chi connectivity index (χ2v) is 10.2. The van der Waals surface area contributed by atoms with Crippen LogP contribution in [0.3, 0.4) is 0 Å². The van der Waals surface area contributed by atoms with E-state index in [9.17, 15) is 14.0 Å². The van der Waals surface area contributed by atoms with Gasteiger partial charge in [-0.3, -0.25) is 4.79 Å². The monoisotopic (exact) mass is 472 g/mol. The molecule has 2 aromatic rings. The molecule has 1 saturated heterocycles. The van der Waals surface area contributed by atoms with Gasteiger partial charge >= 0.3 is 6.09 Å². The number of rotatable bonds is 4. The standard InChI is InChI=1S/C23H25FN4O4S/c1-23(2,3)32-22(30)28-10-14(8-15(28)12-31-4)27-11-18-19(21(27)29)26-20(33-18)16-7-13(9-25)5-6-17(16)24/h5-7,14-15H,8,10-12H2,1-4H3/t14-,15+/m1/s1. The first-order chi connectivity index (χ1) is 15.6. The lowest BCUT2D eigenvalue weighted by Crippen LogP contribution is -2.43. The number of hydrogen-bond acceptors (Lipinski definition) is 7. The van der Waals surface area contributed by atoms with Gasteiger partial charge in [0.05, 0.1) is 41.7 Å². The number of nitrogens with zero attached hydrogens (tertiary/aromatic N) is 4. The molecule has 4 rings (SSSR count). The molecule has 174 valence electrons. The minimum atomic E-state index is -0.626. The summed E-state index contributed by atoms with van der Waals surface area (Å²) < 4.78 is 25.2. The Kier molecular flexibility index (Phi) is 6.12. The first-order valence-corrected chi connectivity index (χ1v) is 11.4. The molecule has 8 nitrogen and oxygen atoms in total. The largest absolute Gasteiger partial charge is 0.444 e. The van der Waals surface area contributed by atoms with E-state index in [-0.39, 0.29) is 23.6 Å². The van der Waals surface area contributed by atoms with Crippen molar-refractivity contribution in [2.45, 2.75) is 51.4 Å². The Bertz CT molecular complexity index is 1140. The molecule has 10 heteroatoms. The quantitative estimate of drug-likeness (QED) is 0.672. The Morgan fingerprint density at radius 1 is 1.39 bits per heavy atom. The topological polar surface area (TPSA) is 95.8 Å². The minimum absolute atomic E-state index is 0.200. The Hall–Kier alpha value is -3.03. The SMILES string of the molecule is COC[C@@H]1C[C@@H](N2Cc3sc(-c4cc(C#N)ccc4F)nc3C2=O)CN1C(=O)OC(C)(C)C. The summed E-state index contributed by atoms with van der Waals surface area (Å²) in [7, 11) is 1.57. The molecule has 0 unspecified atom stereocenters. The fraction of sp³-hybridized carbons (Fsp3) is 0.478. The minimum Gasteiger partial charge on any atom is -0.444 e. The zero-order valence-electron chi connectivity index (χ0n) is 18.9. The van der Waals surface area contributed by atoms with Gasteiger partial charge in [-0.2, -0.15) is 5.26 Å². The average molecular weight is 473 g/mol. The van der Waals surface area contributed by atoms with Crippen LogP contribution in [-0.4, -0.2) is 64.7 Å². The van der Waals surface area contributed by atoms with Crippen LogP contribution in [0.4, 0.5) is 9.18 Å². The van der Waals surface area contributed by atoms with Crippen molar-refractivity contribution in [2.75, 3.05) is 20.3 Å². The van der Waals surface area contributed by atoms with Crippen LogP contribution in [0.25, 0.3) is 10.6 Å². The number of benzene rings is 1. The number of thiazole rings is 1. The third-order valence-corrected chi connectivity index (χ3v) is 6.69. The lowest BCUT2D eigenvalue weighted by Gasteiger charge is -2.28. The molecule has 1 fully saturated rings. The molecule has 0 bridgehead atoms. The number of nitriles is 1. The van der Waals surface area contributed by atoms with E-state index in [0.717, 1.165) is 4.88 Å². The lowest BCUT2D eigenvalue weighted by atomic mass is 10.1. The molecular weight excluding hydrogens is 447 g/mol. The first-order valence-electron chi connectivity index (χ1n) is 10.6. The van der Waals surface area contributed by atoms with Crippen molar-refractivity contribution >= 4 is 23.3 Å². The number of hydrogen-bond donors (Lipinski definition) is 0. The van der Waals surface area contributed by atoms with Gasteiger partial charge in [-0.05, 0) is 45.4 Å². The second-order valence-electron chi connectivity index (χ2n) is 9.16. The van der Waals surface area contributed by atoms with Crippen LogP contribution in [0.15, 0.2) is 18.2 Å². The van der Waals surface area contributed by atoms with Gasteiger partial charge in [0, 0.05) is 19.2 Å². The van der Waals surface area contributed by atoms with Gasteiger partial charge in [0.1, 0.15) is 22.1 Å². The van der Waals surface area contributed by atoms with Gasteiger partial charge in [-0.25, -0.2) is 14.2 Å². The number of aromatic nitrogens is 1. The van der Waals surface area contributed by atoms with Crippen LogP contribution < -0.4 is 0 Å². The molecule has 0 aliphatic carbocycles. The highest BCUT2D eigenvalue weighted by Gasteiger charge is 2.44. The molecule has 2 amide bonds. The number of amides is 2. The van der Waals surface area contributed by atoms with E-state index < -0.39 is 17.5 Å². The summed E-state index contributed by atoms with van der Waals surface area (Å²) in [5.41, 5.74) is 0.214. The summed E-state index contributed by atoms with van der Waals surface area (Å²) >= 11 is 1.25. The fourth-order valence-corrected chi connectivity index (χ4v) is 5.24. The molecule has 3 heterocycles. The van der Waals surface area contributed by atoms with Crippen molar-refractivity contribution < 1.29 is 23.5 Å². The van der Waals surface area contributed by atoms with E-state index in [1.54, 1.807) is 16.9 Å². The van der Waals surface area contributed by atoms with Gasteiger partial charge in [0.15, 0.2) is 0 Å². The van der Waals surface area contributed by atoms with E-state index in [1.807, 2.05) is 26.8 Å². The van der Waals surface area contributed by atoms with Crippen molar-refractivity contribution in [3.63, 3.8) is 0 Å². The summed E-state index contributed by atoms with van der Waals surface area (Å²) in [4.78, 5) is 34.4. The summed E-state index contributed by atoms with van der Waals surface area (Å²) in [6, 6.07) is 5.66. The zero-order valence-corrected chi connectivity index (χ0v) is 19.7. The molecule has 0 saturated carbocycles. The Labute approximate surface area is 195 Å². The van der Waals surface area contributed by atoms with E-state index in [1.165, 1.54) is 29.5 Å². The maximum absolute atomic E-state index is 14.3. The zero-order chi connectivity index (χ0) is 23.9. The van der Waals surface area contributed by atoms with Gasteiger partial charge in [-0.1, -0.05) is 0 Å². The highest BCUT2D eigenvalue weighted by Crippen LogP contribution is 2.37. The summed E-state index contributed by atoms with van der Waals surface area (Å²) in [6.07, 6.45) is 0.140. The molecule has 1 aromatic carbocycles. The highest BCUT2D eigenvalue weighted by molar-refractivity contribution is 7.15. The molecule has 2 atom stereocenters. The number of halogens is 1. The van der Waals surface area contributed by atoms with E-state index in [4.69, 9.17) is 14.7 Å². The number of carbonyl (C=O) groups excluding carboxylic acids is 2. The van der Waals surface area contributed by atoms with Crippen LogP contribution in [0, 0.1) is 17.1 Å². The predicted octanol–water partition coefficient (Wildman–Crippen LogP) is 3.80. The van der Waals surface area contributed by atoms with Gasteiger partial charge in [-0.15, -0.1) is 11.3 Å². The van der Waals surface area contributed by atoms with Crippen LogP contribution in [-0.2, 0) is 16.0 Å². The second kappa shape index (κ2) is 8.72. The first kappa shape index (κ1) is 23.1. The van der Waals surface area contributed by atoms with Crippen LogP contribution in [0.1, 0.15) is 48.1 Å². The summed E-state index contributed by atoms with van der Waals surface area (Å²) in [5, 5.41) is 9.48. The van der Waals surface area contributed by atoms with Crippen molar-refractivity contribution in [3.8, 4) is 16.6 Å².